The molecular weight excluding hydrogens is 502 g/mol. The quantitative estimate of drug-likeness (QED) is 0.311. The fourth-order valence-electron chi connectivity index (χ4n) is 3.95. The average molecular weight is 531 g/mol. The number of nitrogens with one attached hydrogen (secondary N) is 2. The summed E-state index contributed by atoms with van der Waals surface area (Å²) in [5.74, 6) is -3.40. The molecular formula is C26H28F2N4O4S. The van der Waals surface area contributed by atoms with Gasteiger partial charge in [-0.25, -0.2) is 0 Å². The van der Waals surface area contributed by atoms with Crippen molar-refractivity contribution < 1.29 is 23.4 Å². The molecule has 3 N–H and O–H groups in total. The monoisotopic (exact) mass is 530 g/mol. The average Bonchev–Trinajstić information content (AvgIpc) is 3.44. The minimum atomic E-state index is -3.60. The molecule has 0 fully saturated rings. The molecule has 4 aromatic heterocycles. The van der Waals surface area contributed by atoms with Gasteiger partial charge in [0.05, 0.1) is 9.75 Å². The van der Waals surface area contributed by atoms with Gasteiger partial charge < -0.3 is 24.7 Å². The first kappa shape index (κ1) is 26.5. The van der Waals surface area contributed by atoms with Gasteiger partial charge in [0.2, 0.25) is 0 Å². The highest BCUT2D eigenvalue weighted by Crippen LogP contribution is 2.50. The first-order valence-electron chi connectivity index (χ1n) is 11.6. The lowest BCUT2D eigenvalue weighted by Gasteiger charge is -2.27. The van der Waals surface area contributed by atoms with Crippen molar-refractivity contribution in [2.45, 2.75) is 46.1 Å². The van der Waals surface area contributed by atoms with Crippen LogP contribution >= 0.6 is 11.3 Å². The maximum atomic E-state index is 15.3. The van der Waals surface area contributed by atoms with Crippen molar-refractivity contribution in [3.63, 3.8) is 0 Å². The number of aromatic amines is 1. The van der Waals surface area contributed by atoms with Crippen LogP contribution in [0, 0.1) is 13.8 Å². The van der Waals surface area contributed by atoms with Gasteiger partial charge in [0, 0.05) is 60.3 Å². The van der Waals surface area contributed by atoms with Crippen LogP contribution in [0.15, 0.2) is 35.5 Å². The van der Waals surface area contributed by atoms with Gasteiger partial charge in [0.1, 0.15) is 28.3 Å². The third kappa shape index (κ3) is 4.64. The Labute approximate surface area is 215 Å². The van der Waals surface area contributed by atoms with Crippen LogP contribution in [0.25, 0.3) is 21.3 Å². The summed E-state index contributed by atoms with van der Waals surface area (Å²) in [6, 6.07) is 2.74. The van der Waals surface area contributed by atoms with Crippen molar-refractivity contribution in [1.29, 1.82) is 0 Å². The Kier molecular flexibility index (Phi) is 6.72. The molecule has 37 heavy (non-hydrogen) atoms. The van der Waals surface area contributed by atoms with Crippen molar-refractivity contribution in [1.82, 2.24) is 19.9 Å². The molecule has 0 unspecified atom stereocenters. The number of ether oxygens (including phenoxy) is 1. The molecule has 4 aromatic rings. The van der Waals surface area contributed by atoms with Crippen LogP contribution in [0.1, 0.15) is 47.3 Å². The van der Waals surface area contributed by atoms with Crippen molar-refractivity contribution in [2.75, 3.05) is 6.54 Å². The lowest BCUT2D eigenvalue weighted by molar-refractivity contribution is -0.166. The smallest absolute Gasteiger partial charge is 0.309 e. The molecule has 0 aliphatic carbocycles. The third-order valence-corrected chi connectivity index (χ3v) is 7.25. The normalized spacial score (nSPS) is 12.2. The fourth-order valence-corrected chi connectivity index (χ4v) is 5.18. The van der Waals surface area contributed by atoms with E-state index in [1.807, 2.05) is 0 Å². The number of aryl methyl sites for hydroxylation is 3. The van der Waals surface area contributed by atoms with Crippen LogP contribution < -0.4 is 15.6 Å². The molecule has 0 bridgehead atoms. The van der Waals surface area contributed by atoms with Crippen molar-refractivity contribution in [2.24, 2.45) is 7.05 Å². The molecule has 0 aliphatic rings. The van der Waals surface area contributed by atoms with Gasteiger partial charge in [-0.15, -0.1) is 11.3 Å². The minimum absolute atomic E-state index is 0.127. The van der Waals surface area contributed by atoms with E-state index in [-0.39, 0.29) is 22.5 Å². The van der Waals surface area contributed by atoms with Crippen LogP contribution in [0.3, 0.4) is 0 Å². The van der Waals surface area contributed by atoms with Gasteiger partial charge in [-0.3, -0.25) is 14.6 Å². The molecule has 0 aromatic carbocycles. The molecule has 1 amide bonds. The summed E-state index contributed by atoms with van der Waals surface area (Å²) >= 11 is 0.754. The summed E-state index contributed by atoms with van der Waals surface area (Å²) < 4.78 is 38.1. The number of aromatic nitrogens is 3. The summed E-state index contributed by atoms with van der Waals surface area (Å²) in [5.41, 5.74) is -0.552. The van der Waals surface area contributed by atoms with Crippen LogP contribution in [0.5, 0.6) is 11.5 Å². The molecule has 0 atom stereocenters. The van der Waals surface area contributed by atoms with Crippen molar-refractivity contribution in [3.8, 4) is 21.9 Å². The number of rotatable bonds is 7. The number of nitrogens with zero attached hydrogens (tertiary/aromatic N) is 2. The zero-order chi connectivity index (χ0) is 27.3. The highest BCUT2D eigenvalue weighted by molar-refractivity contribution is 7.16. The van der Waals surface area contributed by atoms with E-state index in [0.717, 1.165) is 25.2 Å². The predicted molar refractivity (Wildman–Crippen MR) is 139 cm³/mol. The van der Waals surface area contributed by atoms with Gasteiger partial charge >= 0.3 is 5.92 Å². The summed E-state index contributed by atoms with van der Waals surface area (Å²) in [6.07, 6.45) is 4.74. The maximum absolute atomic E-state index is 15.3. The molecule has 0 saturated carbocycles. The molecule has 0 spiro atoms. The minimum Gasteiger partial charge on any atom is -0.455 e. The maximum Gasteiger partial charge on any atom is 0.309 e. The number of fused-ring (bicyclic) bond motifs is 1. The summed E-state index contributed by atoms with van der Waals surface area (Å²) in [6.45, 7) is 7.83. The molecule has 11 heteroatoms. The fraction of sp³-hybridized carbons (Fsp3) is 0.346. The van der Waals surface area contributed by atoms with Gasteiger partial charge in [-0.05, 0) is 40.7 Å². The molecule has 4 heterocycles. The van der Waals surface area contributed by atoms with E-state index in [4.69, 9.17) is 4.74 Å². The Morgan fingerprint density at radius 3 is 2.49 bits per heavy atom. The van der Waals surface area contributed by atoms with E-state index in [0.29, 0.717) is 39.2 Å². The zero-order valence-corrected chi connectivity index (χ0v) is 22.1. The van der Waals surface area contributed by atoms with Crippen molar-refractivity contribution in [3.05, 3.63) is 62.8 Å². The largest absolute Gasteiger partial charge is 0.455 e. The number of carbonyl (C=O) groups is 1. The third-order valence-electron chi connectivity index (χ3n) is 6.03. The topological polar surface area (TPSA) is 109 Å². The second-order valence-corrected chi connectivity index (χ2v) is 10.5. The van der Waals surface area contributed by atoms with E-state index in [1.165, 1.54) is 29.9 Å². The Bertz CT molecular complexity index is 1540. The second-order valence-electron chi connectivity index (χ2n) is 9.43. The number of hydrogen-bond acceptors (Lipinski definition) is 6. The van der Waals surface area contributed by atoms with E-state index in [9.17, 15) is 14.7 Å². The molecule has 0 radical (unpaired) electrons. The van der Waals surface area contributed by atoms with E-state index >= 15 is 8.78 Å². The lowest BCUT2D eigenvalue weighted by atomic mass is 9.99. The van der Waals surface area contributed by atoms with Crippen LogP contribution in [-0.4, -0.2) is 37.7 Å². The Balaban J connectivity index is 2.01. The van der Waals surface area contributed by atoms with Gasteiger partial charge in [0.15, 0.2) is 0 Å². The van der Waals surface area contributed by atoms with E-state index < -0.39 is 22.3 Å². The first-order valence-corrected chi connectivity index (χ1v) is 12.4. The number of thiophene rings is 1. The molecule has 0 aliphatic heterocycles. The van der Waals surface area contributed by atoms with Crippen LogP contribution in [0.4, 0.5) is 8.78 Å². The van der Waals surface area contributed by atoms with Gasteiger partial charge in [0.25, 0.3) is 11.5 Å². The second kappa shape index (κ2) is 9.38. The van der Waals surface area contributed by atoms with E-state index in [2.05, 4.69) is 15.3 Å². The molecule has 4 rings (SSSR count). The number of alkyl halides is 2. The summed E-state index contributed by atoms with van der Waals surface area (Å²) in [4.78, 5) is 32.3. The summed E-state index contributed by atoms with van der Waals surface area (Å²) in [5, 5.41) is 13.3. The van der Waals surface area contributed by atoms with Gasteiger partial charge in [-0.1, -0.05) is 0 Å². The molecule has 8 nitrogen and oxygen atoms in total. The van der Waals surface area contributed by atoms with Crippen molar-refractivity contribution >= 4 is 28.1 Å². The number of amides is 1. The lowest BCUT2D eigenvalue weighted by Crippen LogP contribution is -2.39. The van der Waals surface area contributed by atoms with E-state index in [1.54, 1.807) is 33.2 Å². The SMILES string of the molecule is CCNC(=O)c1cc2c(-c3sc(C(F)(F)C(C)(C)O)cc3Oc3c(C)cncc3C)cn(C)c(=O)c2[nH]1. The highest BCUT2D eigenvalue weighted by atomic mass is 32.1. The number of aliphatic hydroxyl groups is 1. The highest BCUT2D eigenvalue weighted by Gasteiger charge is 2.49. The van der Waals surface area contributed by atoms with Crippen LogP contribution in [-0.2, 0) is 13.0 Å². The Morgan fingerprint density at radius 1 is 1.24 bits per heavy atom. The van der Waals surface area contributed by atoms with Crippen LogP contribution in [0.2, 0.25) is 0 Å². The van der Waals surface area contributed by atoms with Gasteiger partial charge in [-0.2, -0.15) is 8.78 Å². The number of carbonyl (C=O) groups excluding carboxylic acids is 1. The number of halogens is 2. The summed E-state index contributed by atoms with van der Waals surface area (Å²) in [7, 11) is 1.54. The number of pyridine rings is 2. The number of H-pyrrole nitrogens is 1. The Morgan fingerprint density at radius 2 is 1.89 bits per heavy atom. The number of hydrogen-bond donors (Lipinski definition) is 3. The Hall–Kier alpha value is -3.57. The predicted octanol–water partition coefficient (Wildman–Crippen LogP) is 5.01. The zero-order valence-electron chi connectivity index (χ0n) is 21.3. The first-order chi connectivity index (χ1) is 17.3. The standard InChI is InChI=1S/C26H28F2N4O4S/c1-7-30-23(33)17-8-15-16(12-32(6)24(34)20(15)31-17)22-18(36-21-13(2)10-29-11-14(21)3)9-19(37-22)26(27,28)25(4,5)35/h8-12,31,35H,7H2,1-6H3,(H,30,33). The molecule has 196 valence electrons. The molecule has 0 saturated heterocycles.